The minimum Gasteiger partial charge on any atom is -0.478 e. The molecule has 2 saturated carbocycles. The fraction of sp³-hybridized carbons (Fsp3) is 0.467. The highest BCUT2D eigenvalue weighted by Gasteiger charge is 2.42. The third-order valence-electron chi connectivity index (χ3n) is 4.19. The SMILES string of the molecule is O=C(O)c1ccc2nc(NC(C3CC3)C3CC3)oc2c1. The molecule has 0 atom stereocenters. The Hall–Kier alpha value is -2.04. The van der Waals surface area contributed by atoms with Crippen molar-refractivity contribution >= 4 is 23.1 Å². The highest BCUT2D eigenvalue weighted by Crippen LogP contribution is 2.45. The maximum Gasteiger partial charge on any atom is 0.335 e. The summed E-state index contributed by atoms with van der Waals surface area (Å²) in [6.45, 7) is 0. The third kappa shape index (κ3) is 2.13. The minimum absolute atomic E-state index is 0.223. The molecule has 1 aromatic carbocycles. The summed E-state index contributed by atoms with van der Waals surface area (Å²) in [5.41, 5.74) is 1.45. The van der Waals surface area contributed by atoms with Crippen molar-refractivity contribution in [3.8, 4) is 0 Å². The van der Waals surface area contributed by atoms with Gasteiger partial charge in [0.1, 0.15) is 5.52 Å². The van der Waals surface area contributed by atoms with Crippen LogP contribution in [0.3, 0.4) is 0 Å². The van der Waals surface area contributed by atoms with Gasteiger partial charge in [-0.25, -0.2) is 4.79 Å². The highest BCUT2D eigenvalue weighted by molar-refractivity contribution is 5.92. The maximum absolute atomic E-state index is 10.9. The van der Waals surface area contributed by atoms with Gasteiger partial charge in [0.25, 0.3) is 6.01 Å². The monoisotopic (exact) mass is 272 g/mol. The Morgan fingerprint density at radius 2 is 2.00 bits per heavy atom. The van der Waals surface area contributed by atoms with E-state index in [-0.39, 0.29) is 5.56 Å². The Kier molecular flexibility index (Phi) is 2.49. The molecule has 0 aliphatic heterocycles. The molecule has 2 aliphatic carbocycles. The zero-order valence-corrected chi connectivity index (χ0v) is 11.0. The first-order valence-corrected chi connectivity index (χ1v) is 7.11. The molecule has 104 valence electrons. The number of anilines is 1. The van der Waals surface area contributed by atoms with Gasteiger partial charge in [0.05, 0.1) is 5.56 Å². The van der Waals surface area contributed by atoms with Gasteiger partial charge < -0.3 is 14.8 Å². The molecule has 2 aromatic rings. The number of carboxylic acid groups (broad SMARTS) is 1. The minimum atomic E-state index is -0.952. The van der Waals surface area contributed by atoms with Gasteiger partial charge in [-0.2, -0.15) is 4.98 Å². The van der Waals surface area contributed by atoms with Crippen molar-refractivity contribution in [1.29, 1.82) is 0 Å². The first kappa shape index (κ1) is 11.8. The van der Waals surface area contributed by atoms with Crippen molar-refractivity contribution < 1.29 is 14.3 Å². The number of hydrogen-bond donors (Lipinski definition) is 2. The molecular formula is C15H16N2O3. The van der Waals surface area contributed by atoms with Crippen LogP contribution in [0.4, 0.5) is 6.01 Å². The lowest BCUT2D eigenvalue weighted by Crippen LogP contribution is -2.24. The van der Waals surface area contributed by atoms with Gasteiger partial charge in [0.2, 0.25) is 0 Å². The summed E-state index contributed by atoms with van der Waals surface area (Å²) < 4.78 is 5.66. The lowest BCUT2D eigenvalue weighted by Gasteiger charge is -2.15. The van der Waals surface area contributed by atoms with Crippen molar-refractivity contribution in [2.75, 3.05) is 5.32 Å². The highest BCUT2D eigenvalue weighted by atomic mass is 16.4. The van der Waals surface area contributed by atoms with Crippen LogP contribution in [0.15, 0.2) is 22.6 Å². The molecule has 2 N–H and O–H groups in total. The number of benzene rings is 1. The van der Waals surface area contributed by atoms with Crippen LogP contribution in [-0.2, 0) is 0 Å². The molecule has 0 saturated heterocycles. The molecule has 0 radical (unpaired) electrons. The standard InChI is InChI=1S/C15H16N2O3/c18-14(19)10-5-6-11-12(7-10)20-15(16-11)17-13(8-1-2-8)9-3-4-9/h5-9,13H,1-4H2,(H,16,17)(H,18,19). The molecule has 0 bridgehead atoms. The fourth-order valence-electron chi connectivity index (χ4n) is 2.79. The zero-order valence-electron chi connectivity index (χ0n) is 11.0. The van der Waals surface area contributed by atoms with E-state index in [1.54, 1.807) is 12.1 Å². The fourth-order valence-corrected chi connectivity index (χ4v) is 2.79. The van der Waals surface area contributed by atoms with Gasteiger partial charge in [-0.1, -0.05) is 0 Å². The lowest BCUT2D eigenvalue weighted by molar-refractivity contribution is 0.0697. The number of aromatic nitrogens is 1. The summed E-state index contributed by atoms with van der Waals surface area (Å²) in [6.07, 6.45) is 5.16. The average Bonchev–Trinajstić information content (AvgIpc) is 3.32. The third-order valence-corrected chi connectivity index (χ3v) is 4.19. The second-order valence-corrected chi connectivity index (χ2v) is 5.85. The van der Waals surface area contributed by atoms with Gasteiger partial charge in [-0.15, -0.1) is 0 Å². The molecule has 5 heteroatoms. The van der Waals surface area contributed by atoms with E-state index in [0.717, 1.165) is 11.8 Å². The summed E-state index contributed by atoms with van der Waals surface area (Å²) in [6, 6.07) is 5.76. The second-order valence-electron chi connectivity index (χ2n) is 5.85. The zero-order chi connectivity index (χ0) is 13.7. The van der Waals surface area contributed by atoms with Crippen LogP contribution >= 0.6 is 0 Å². The number of aromatic carboxylic acids is 1. The number of nitrogens with one attached hydrogen (secondary N) is 1. The van der Waals surface area contributed by atoms with Crippen LogP contribution in [0.25, 0.3) is 11.1 Å². The number of oxazole rings is 1. The van der Waals surface area contributed by atoms with Gasteiger partial charge in [-0.05, 0) is 55.7 Å². The summed E-state index contributed by atoms with van der Waals surface area (Å²) in [4.78, 5) is 15.3. The first-order valence-electron chi connectivity index (χ1n) is 7.11. The number of nitrogens with zero attached hydrogens (tertiary/aromatic N) is 1. The molecule has 0 amide bonds. The van der Waals surface area contributed by atoms with Crippen molar-refractivity contribution in [3.63, 3.8) is 0 Å². The van der Waals surface area contributed by atoms with Crippen molar-refractivity contribution in [1.82, 2.24) is 4.98 Å². The first-order chi connectivity index (χ1) is 9.70. The van der Waals surface area contributed by atoms with E-state index in [0.29, 0.717) is 23.2 Å². The molecule has 0 unspecified atom stereocenters. The van der Waals surface area contributed by atoms with Crippen LogP contribution < -0.4 is 5.32 Å². The molecule has 1 heterocycles. The Morgan fingerprint density at radius 1 is 1.30 bits per heavy atom. The lowest BCUT2D eigenvalue weighted by atomic mass is 10.1. The summed E-state index contributed by atoms with van der Waals surface area (Å²) in [7, 11) is 0. The van der Waals surface area contributed by atoms with Crippen LogP contribution in [0.2, 0.25) is 0 Å². The van der Waals surface area contributed by atoms with Gasteiger partial charge in [0, 0.05) is 6.04 Å². The van der Waals surface area contributed by atoms with E-state index in [2.05, 4.69) is 10.3 Å². The van der Waals surface area contributed by atoms with Gasteiger partial charge in [0.15, 0.2) is 5.58 Å². The van der Waals surface area contributed by atoms with E-state index in [1.807, 2.05) is 0 Å². The molecule has 1 aromatic heterocycles. The molecule has 20 heavy (non-hydrogen) atoms. The van der Waals surface area contributed by atoms with Crippen LogP contribution in [-0.4, -0.2) is 22.1 Å². The molecule has 2 aliphatic rings. The topological polar surface area (TPSA) is 75.4 Å². The number of hydrogen-bond acceptors (Lipinski definition) is 4. The smallest absolute Gasteiger partial charge is 0.335 e. The predicted molar refractivity (Wildman–Crippen MR) is 73.8 cm³/mol. The van der Waals surface area contributed by atoms with E-state index in [9.17, 15) is 4.79 Å². The van der Waals surface area contributed by atoms with Crippen LogP contribution in [0, 0.1) is 11.8 Å². The molecule has 5 nitrogen and oxygen atoms in total. The summed E-state index contributed by atoms with van der Waals surface area (Å²) in [5, 5.41) is 12.4. The van der Waals surface area contributed by atoms with Crippen molar-refractivity contribution in [2.45, 2.75) is 31.7 Å². The number of carbonyl (C=O) groups is 1. The quantitative estimate of drug-likeness (QED) is 0.874. The Balaban J connectivity index is 1.61. The van der Waals surface area contributed by atoms with Crippen LogP contribution in [0.1, 0.15) is 36.0 Å². The Morgan fingerprint density at radius 3 is 2.60 bits per heavy atom. The number of fused-ring (bicyclic) bond motifs is 1. The van der Waals surface area contributed by atoms with Crippen molar-refractivity contribution in [2.24, 2.45) is 11.8 Å². The molecule has 4 rings (SSSR count). The van der Waals surface area contributed by atoms with Gasteiger partial charge >= 0.3 is 5.97 Å². The maximum atomic E-state index is 10.9. The molecular weight excluding hydrogens is 256 g/mol. The summed E-state index contributed by atoms with van der Waals surface area (Å²) in [5.74, 6) is 0.561. The number of rotatable bonds is 5. The molecule has 0 spiro atoms. The predicted octanol–water partition coefficient (Wildman–Crippen LogP) is 3.13. The Labute approximate surface area is 116 Å². The van der Waals surface area contributed by atoms with E-state index in [1.165, 1.54) is 31.7 Å². The van der Waals surface area contributed by atoms with Gasteiger partial charge in [-0.3, -0.25) is 0 Å². The largest absolute Gasteiger partial charge is 0.478 e. The normalized spacial score (nSPS) is 18.6. The van der Waals surface area contributed by atoms with E-state index in [4.69, 9.17) is 9.52 Å². The second kappa shape index (κ2) is 4.23. The number of carboxylic acids is 1. The average molecular weight is 272 g/mol. The molecule has 2 fully saturated rings. The summed E-state index contributed by atoms with van der Waals surface area (Å²) >= 11 is 0. The Bertz CT molecular complexity index is 659. The van der Waals surface area contributed by atoms with Crippen molar-refractivity contribution in [3.05, 3.63) is 23.8 Å². The van der Waals surface area contributed by atoms with E-state index >= 15 is 0 Å². The van der Waals surface area contributed by atoms with Crippen LogP contribution in [0.5, 0.6) is 0 Å². The van der Waals surface area contributed by atoms with E-state index < -0.39 is 5.97 Å².